The summed E-state index contributed by atoms with van der Waals surface area (Å²) >= 11 is 0. The Labute approximate surface area is 124 Å². The van der Waals surface area contributed by atoms with Crippen molar-refractivity contribution in [1.29, 1.82) is 0 Å². The largest absolute Gasteiger partial charge is 0.385 e. The SMILES string of the molecule is CCCCOCCOCCOCCNCCCCOC. The average molecular weight is 291 g/mol. The molecular weight excluding hydrogens is 258 g/mol. The van der Waals surface area contributed by atoms with Crippen LogP contribution in [0.2, 0.25) is 0 Å². The molecule has 5 heteroatoms. The summed E-state index contributed by atoms with van der Waals surface area (Å²) in [5.74, 6) is 0. The van der Waals surface area contributed by atoms with Crippen molar-refractivity contribution in [2.24, 2.45) is 0 Å². The first kappa shape index (κ1) is 19.8. The lowest BCUT2D eigenvalue weighted by atomic mass is 10.3. The van der Waals surface area contributed by atoms with E-state index in [0.29, 0.717) is 26.4 Å². The summed E-state index contributed by atoms with van der Waals surface area (Å²) in [6, 6.07) is 0. The second-order valence-electron chi connectivity index (χ2n) is 4.64. The molecule has 0 saturated heterocycles. The third-order valence-electron chi connectivity index (χ3n) is 2.76. The second-order valence-corrected chi connectivity index (χ2v) is 4.64. The van der Waals surface area contributed by atoms with E-state index in [0.717, 1.165) is 52.2 Å². The van der Waals surface area contributed by atoms with Crippen molar-refractivity contribution in [1.82, 2.24) is 5.32 Å². The molecule has 0 aliphatic rings. The number of ether oxygens (including phenoxy) is 4. The molecule has 0 atom stereocenters. The molecule has 0 aliphatic carbocycles. The molecule has 0 saturated carbocycles. The second kappa shape index (κ2) is 18.8. The van der Waals surface area contributed by atoms with Crippen molar-refractivity contribution in [3.8, 4) is 0 Å². The molecule has 122 valence electrons. The lowest BCUT2D eigenvalue weighted by Crippen LogP contribution is -2.22. The molecule has 0 fully saturated rings. The van der Waals surface area contributed by atoms with Crippen LogP contribution in [0.3, 0.4) is 0 Å². The summed E-state index contributed by atoms with van der Waals surface area (Å²) in [6.07, 6.45) is 4.56. The maximum absolute atomic E-state index is 5.45. The van der Waals surface area contributed by atoms with Crippen LogP contribution in [-0.2, 0) is 18.9 Å². The number of hydrogen-bond acceptors (Lipinski definition) is 5. The Bertz CT molecular complexity index is 152. The van der Waals surface area contributed by atoms with Gasteiger partial charge in [0.2, 0.25) is 0 Å². The molecular formula is C15H33NO4. The first-order valence-electron chi connectivity index (χ1n) is 7.84. The molecule has 0 heterocycles. The van der Waals surface area contributed by atoms with Gasteiger partial charge in [-0.3, -0.25) is 0 Å². The van der Waals surface area contributed by atoms with Crippen LogP contribution in [0.25, 0.3) is 0 Å². The van der Waals surface area contributed by atoms with Crippen LogP contribution in [0.15, 0.2) is 0 Å². The summed E-state index contributed by atoms with van der Waals surface area (Å²) in [7, 11) is 1.74. The normalized spacial score (nSPS) is 11.1. The molecule has 0 bridgehead atoms. The van der Waals surface area contributed by atoms with Gasteiger partial charge in [0.25, 0.3) is 0 Å². The van der Waals surface area contributed by atoms with E-state index in [2.05, 4.69) is 12.2 Å². The monoisotopic (exact) mass is 291 g/mol. The Morgan fingerprint density at radius 2 is 1.30 bits per heavy atom. The molecule has 0 aliphatic heterocycles. The van der Waals surface area contributed by atoms with Gasteiger partial charge in [-0.1, -0.05) is 13.3 Å². The van der Waals surface area contributed by atoms with E-state index in [4.69, 9.17) is 18.9 Å². The van der Waals surface area contributed by atoms with Crippen LogP contribution >= 0.6 is 0 Å². The molecule has 0 rings (SSSR count). The maximum atomic E-state index is 5.45. The van der Waals surface area contributed by atoms with Crippen molar-refractivity contribution in [3.63, 3.8) is 0 Å². The molecule has 0 aromatic carbocycles. The summed E-state index contributed by atoms with van der Waals surface area (Å²) in [5, 5.41) is 3.33. The molecule has 0 aromatic heterocycles. The molecule has 0 unspecified atom stereocenters. The highest BCUT2D eigenvalue weighted by molar-refractivity contribution is 4.47. The van der Waals surface area contributed by atoms with E-state index < -0.39 is 0 Å². The van der Waals surface area contributed by atoms with Gasteiger partial charge in [0.1, 0.15) is 0 Å². The standard InChI is InChI=1S/C15H33NO4/c1-3-4-10-18-12-14-20-15-13-19-11-8-16-7-5-6-9-17-2/h16H,3-15H2,1-2H3. The van der Waals surface area contributed by atoms with Crippen LogP contribution in [0, 0.1) is 0 Å². The van der Waals surface area contributed by atoms with Gasteiger partial charge in [-0.05, 0) is 25.8 Å². The summed E-state index contributed by atoms with van der Waals surface area (Å²) < 4.78 is 21.2. The van der Waals surface area contributed by atoms with Gasteiger partial charge in [-0.25, -0.2) is 0 Å². The van der Waals surface area contributed by atoms with Gasteiger partial charge in [0.05, 0.1) is 33.0 Å². The number of nitrogens with one attached hydrogen (secondary N) is 1. The number of rotatable bonds is 17. The smallest absolute Gasteiger partial charge is 0.0701 e. The number of methoxy groups -OCH3 is 1. The van der Waals surface area contributed by atoms with Gasteiger partial charge in [0.15, 0.2) is 0 Å². The van der Waals surface area contributed by atoms with Crippen molar-refractivity contribution < 1.29 is 18.9 Å². The van der Waals surface area contributed by atoms with E-state index in [1.54, 1.807) is 7.11 Å². The fraction of sp³-hybridized carbons (Fsp3) is 1.00. The van der Waals surface area contributed by atoms with Crippen molar-refractivity contribution in [3.05, 3.63) is 0 Å². The van der Waals surface area contributed by atoms with Gasteiger partial charge in [0, 0.05) is 26.9 Å². The van der Waals surface area contributed by atoms with E-state index in [-0.39, 0.29) is 0 Å². The van der Waals surface area contributed by atoms with Crippen molar-refractivity contribution >= 4 is 0 Å². The van der Waals surface area contributed by atoms with E-state index in [9.17, 15) is 0 Å². The fourth-order valence-corrected chi connectivity index (χ4v) is 1.55. The quantitative estimate of drug-likeness (QED) is 0.415. The molecule has 5 nitrogen and oxygen atoms in total. The van der Waals surface area contributed by atoms with E-state index >= 15 is 0 Å². The predicted molar refractivity (Wildman–Crippen MR) is 81.3 cm³/mol. The van der Waals surface area contributed by atoms with Gasteiger partial charge in [-0.2, -0.15) is 0 Å². The number of unbranched alkanes of at least 4 members (excludes halogenated alkanes) is 2. The summed E-state index contributed by atoms with van der Waals surface area (Å²) in [4.78, 5) is 0. The fourth-order valence-electron chi connectivity index (χ4n) is 1.55. The third-order valence-corrected chi connectivity index (χ3v) is 2.76. The van der Waals surface area contributed by atoms with E-state index in [1.807, 2.05) is 0 Å². The minimum atomic E-state index is 0.644. The van der Waals surface area contributed by atoms with E-state index in [1.165, 1.54) is 6.42 Å². The third kappa shape index (κ3) is 17.8. The van der Waals surface area contributed by atoms with Crippen LogP contribution in [0.5, 0.6) is 0 Å². The minimum absolute atomic E-state index is 0.644. The first-order chi connectivity index (χ1) is 9.91. The summed E-state index contributed by atoms with van der Waals surface area (Å²) in [6.45, 7) is 9.14. The molecule has 0 amide bonds. The average Bonchev–Trinajstić information content (AvgIpc) is 2.47. The highest BCUT2D eigenvalue weighted by Crippen LogP contribution is 1.88. The molecule has 20 heavy (non-hydrogen) atoms. The Hall–Kier alpha value is -0.200. The van der Waals surface area contributed by atoms with Gasteiger partial charge >= 0.3 is 0 Å². The van der Waals surface area contributed by atoms with Crippen molar-refractivity contribution in [2.45, 2.75) is 32.6 Å². The molecule has 0 spiro atoms. The summed E-state index contributed by atoms with van der Waals surface area (Å²) in [5.41, 5.74) is 0. The topological polar surface area (TPSA) is 49.0 Å². The van der Waals surface area contributed by atoms with Gasteiger partial charge < -0.3 is 24.3 Å². The maximum Gasteiger partial charge on any atom is 0.0701 e. The molecule has 1 N–H and O–H groups in total. The number of hydrogen-bond donors (Lipinski definition) is 1. The van der Waals surface area contributed by atoms with Crippen LogP contribution < -0.4 is 5.32 Å². The highest BCUT2D eigenvalue weighted by atomic mass is 16.5. The zero-order valence-corrected chi connectivity index (χ0v) is 13.3. The Balaban J connectivity index is 2.89. The van der Waals surface area contributed by atoms with Crippen LogP contribution in [-0.4, -0.2) is 66.4 Å². The lowest BCUT2D eigenvalue weighted by molar-refractivity contribution is 0.0146. The van der Waals surface area contributed by atoms with Crippen molar-refractivity contribution in [2.75, 3.05) is 66.4 Å². The highest BCUT2D eigenvalue weighted by Gasteiger charge is 1.92. The minimum Gasteiger partial charge on any atom is -0.385 e. The van der Waals surface area contributed by atoms with Crippen LogP contribution in [0.1, 0.15) is 32.6 Å². The molecule has 0 aromatic rings. The predicted octanol–water partition coefficient (Wildman–Crippen LogP) is 1.85. The van der Waals surface area contributed by atoms with Crippen LogP contribution in [0.4, 0.5) is 0 Å². The Morgan fingerprint density at radius 3 is 1.95 bits per heavy atom. The zero-order valence-electron chi connectivity index (χ0n) is 13.3. The lowest BCUT2D eigenvalue weighted by Gasteiger charge is -2.07. The Morgan fingerprint density at radius 1 is 0.650 bits per heavy atom. The Kier molecular flexibility index (Phi) is 18.6. The van der Waals surface area contributed by atoms with Gasteiger partial charge in [-0.15, -0.1) is 0 Å². The zero-order chi connectivity index (χ0) is 14.7. The first-order valence-corrected chi connectivity index (χ1v) is 7.84. The molecule has 0 radical (unpaired) electrons.